The third-order valence-electron chi connectivity index (χ3n) is 4.48. The van der Waals surface area contributed by atoms with Crippen molar-refractivity contribution < 1.29 is 95.5 Å². The molecule has 0 N–H and O–H groups in total. The van der Waals surface area contributed by atoms with E-state index >= 15 is 0 Å². The van der Waals surface area contributed by atoms with Crippen molar-refractivity contribution in [3.05, 3.63) is 0 Å². The van der Waals surface area contributed by atoms with Gasteiger partial charge in [0.05, 0.1) is 39.6 Å². The zero-order chi connectivity index (χ0) is 30.5. The van der Waals surface area contributed by atoms with Gasteiger partial charge in [0, 0.05) is 0 Å². The topological polar surface area (TPSA) is 176 Å². The minimum Gasteiger partial charge on any atom is -0.756 e. The van der Waals surface area contributed by atoms with Crippen LogP contribution in [0.3, 0.4) is 0 Å². The Morgan fingerprint density at radius 1 is 0.375 bits per heavy atom. The van der Waals surface area contributed by atoms with Crippen LogP contribution in [0.15, 0.2) is 0 Å². The van der Waals surface area contributed by atoms with Gasteiger partial charge >= 0.3 is 39.9 Å². The number of unbranched alkanes of at least 4 members (excludes halogenated alkanes) is 6. The summed E-state index contributed by atoms with van der Waals surface area (Å²) in [6.45, 7) is 13.2. The summed E-state index contributed by atoms with van der Waals surface area (Å²) in [6.07, 6.45) is 9.91. The van der Waals surface area contributed by atoms with E-state index < -0.39 is 23.5 Å². The molecular weight excluding hydrogens is 730 g/mol. The maximum Gasteiger partial charge on any atom is 3.00 e. The predicted octanol–water partition coefficient (Wildman–Crippen LogP) is 6.26. The molecule has 12 nitrogen and oxygen atoms in total. The molecule has 0 aromatic carbocycles. The Morgan fingerprint density at radius 2 is 0.500 bits per heavy atom. The van der Waals surface area contributed by atoms with Crippen LogP contribution in [-0.4, -0.2) is 39.6 Å². The fourth-order valence-corrected chi connectivity index (χ4v) is 4.38. The molecule has 0 aromatic heterocycles. The van der Waals surface area contributed by atoms with Crippen molar-refractivity contribution in [2.45, 2.75) is 119 Å². The van der Waals surface area contributed by atoms with Crippen molar-refractivity contribution in [2.24, 2.45) is 0 Å². The quantitative estimate of drug-likeness (QED) is 0.0794. The molecule has 0 atom stereocenters. The third-order valence-corrected chi connectivity index (χ3v) is 7.48. The van der Waals surface area contributed by atoms with Crippen LogP contribution >= 0.6 is 23.5 Å². The first-order valence-corrected chi connectivity index (χ1v) is 18.5. The Kier molecular flexibility index (Phi) is 40.7. The van der Waals surface area contributed by atoms with E-state index in [0.717, 1.165) is 77.0 Å². The average Bonchev–Trinajstić information content (AvgIpc) is 2.85. The fraction of sp³-hybridized carbons (Fsp3) is 1.00. The normalized spacial score (nSPS) is 11.6. The molecule has 0 amide bonds. The van der Waals surface area contributed by atoms with E-state index in [4.69, 9.17) is 0 Å². The molecule has 0 spiro atoms. The van der Waals surface area contributed by atoms with Crippen LogP contribution in [0.1, 0.15) is 119 Å². The van der Waals surface area contributed by atoms with Crippen molar-refractivity contribution in [3.8, 4) is 0 Å². The molecule has 0 aliphatic rings. The van der Waals surface area contributed by atoms with E-state index in [2.05, 4.69) is 27.1 Å². The molecule has 0 fully saturated rings. The van der Waals surface area contributed by atoms with Gasteiger partial charge in [0.25, 0.3) is 23.5 Å². The van der Waals surface area contributed by atoms with Gasteiger partial charge in [-0.15, -0.1) is 0 Å². The number of phosphoric ester groups is 3. The maximum atomic E-state index is 11.0. The second-order valence-corrected chi connectivity index (χ2v) is 12.7. The van der Waals surface area contributed by atoms with E-state index in [1.54, 1.807) is 0 Å². The second kappa shape index (κ2) is 33.5. The summed E-state index contributed by atoms with van der Waals surface area (Å²) >= 11 is 0. The summed E-state index contributed by atoms with van der Waals surface area (Å²) in [5.74, 6) is 0. The van der Waals surface area contributed by atoms with Crippen LogP contribution in [0.25, 0.3) is 0 Å². The van der Waals surface area contributed by atoms with Crippen LogP contribution in [0.2, 0.25) is 0 Å². The van der Waals surface area contributed by atoms with Gasteiger partial charge < -0.3 is 41.8 Å². The van der Waals surface area contributed by atoms with Gasteiger partial charge in [0.15, 0.2) is 0 Å². The van der Waals surface area contributed by atoms with E-state index in [-0.39, 0.29) is 79.6 Å². The summed E-state index contributed by atoms with van der Waals surface area (Å²) in [7, 11) is -12.0. The Labute approximate surface area is 275 Å². The zero-order valence-corrected chi connectivity index (χ0v) is 30.3. The molecule has 0 rings (SSSR count). The van der Waals surface area contributed by atoms with Crippen LogP contribution < -0.4 is 14.7 Å². The predicted molar refractivity (Wildman–Crippen MR) is 148 cm³/mol. The van der Waals surface area contributed by atoms with Crippen molar-refractivity contribution in [1.82, 2.24) is 0 Å². The molecule has 0 bridgehead atoms. The second-order valence-electron chi connectivity index (χ2n) is 8.46. The molecule has 1 radical (unpaired) electrons. The molecule has 0 heterocycles. The first-order valence-electron chi connectivity index (χ1n) is 14.2. The Hall–Kier alpha value is 1.65. The summed E-state index contributed by atoms with van der Waals surface area (Å²) in [5.41, 5.74) is 0. The molecule has 0 unspecified atom stereocenters. The number of phosphoric acid groups is 3. The van der Waals surface area contributed by atoms with E-state index in [0.29, 0.717) is 0 Å². The van der Waals surface area contributed by atoms with Gasteiger partial charge in [-0.05, 0) is 38.5 Å². The van der Waals surface area contributed by atoms with Crippen LogP contribution in [0, 0.1) is 39.9 Å². The minimum absolute atomic E-state index is 0. The van der Waals surface area contributed by atoms with Crippen molar-refractivity contribution in [3.63, 3.8) is 0 Å². The zero-order valence-electron chi connectivity index (χ0n) is 25.3. The first kappa shape index (κ1) is 48.6. The Balaban J connectivity index is -0.000000240. The van der Waals surface area contributed by atoms with Gasteiger partial charge in [-0.3, -0.25) is 13.7 Å². The SMILES string of the molecule is CCCCOP(=O)([O-])OCCCC.CCCCOP(=O)([O-])OCCCC.CCCCOP(=O)([O-])OCCCC.[Gd+3]. The van der Waals surface area contributed by atoms with Gasteiger partial charge in [0.1, 0.15) is 0 Å². The number of rotatable bonds is 24. The van der Waals surface area contributed by atoms with Crippen molar-refractivity contribution >= 4 is 23.5 Å². The summed E-state index contributed by atoms with van der Waals surface area (Å²) in [6, 6.07) is 0. The maximum absolute atomic E-state index is 11.0. The molecular formula is C24H54GdO12P3. The van der Waals surface area contributed by atoms with E-state index in [1.165, 1.54) is 0 Å². The van der Waals surface area contributed by atoms with Gasteiger partial charge in [-0.2, -0.15) is 0 Å². The fourth-order valence-electron chi connectivity index (χ4n) is 2.04. The van der Waals surface area contributed by atoms with E-state index in [1.807, 2.05) is 41.5 Å². The first-order chi connectivity index (χ1) is 18.4. The number of hydrogen-bond acceptors (Lipinski definition) is 12. The molecule has 40 heavy (non-hydrogen) atoms. The molecule has 0 aliphatic heterocycles. The monoisotopic (exact) mass is 785 g/mol. The molecule has 0 saturated carbocycles. The summed E-state index contributed by atoms with van der Waals surface area (Å²) in [4.78, 5) is 32.9. The van der Waals surface area contributed by atoms with Crippen LogP contribution in [0.5, 0.6) is 0 Å². The van der Waals surface area contributed by atoms with Crippen LogP contribution in [-0.2, 0) is 40.8 Å². The molecule has 0 saturated heterocycles. The van der Waals surface area contributed by atoms with Crippen LogP contribution in [0.4, 0.5) is 0 Å². The largest absolute Gasteiger partial charge is 3.00 e. The molecule has 0 aliphatic carbocycles. The van der Waals surface area contributed by atoms with Crippen molar-refractivity contribution in [2.75, 3.05) is 39.6 Å². The van der Waals surface area contributed by atoms with Crippen molar-refractivity contribution in [1.29, 1.82) is 0 Å². The third kappa shape index (κ3) is 41.8. The molecule has 16 heteroatoms. The Morgan fingerprint density at radius 3 is 0.600 bits per heavy atom. The number of hydrogen-bond donors (Lipinski definition) is 0. The summed E-state index contributed by atoms with van der Waals surface area (Å²) < 4.78 is 60.5. The van der Waals surface area contributed by atoms with Gasteiger partial charge in [-0.25, -0.2) is 0 Å². The smallest absolute Gasteiger partial charge is 0.756 e. The van der Waals surface area contributed by atoms with E-state index in [9.17, 15) is 28.4 Å². The average molecular weight is 785 g/mol. The molecule has 0 aromatic rings. The van der Waals surface area contributed by atoms with Gasteiger partial charge in [-0.1, -0.05) is 80.1 Å². The van der Waals surface area contributed by atoms with Gasteiger partial charge in [0.2, 0.25) is 0 Å². The standard InChI is InChI=1S/3C8H19O4P.Gd/c3*1-3-5-7-11-13(9,10)12-8-6-4-2;/h3*3-8H2,1-2H3,(H,9,10);/q;;;+3/p-3. The summed E-state index contributed by atoms with van der Waals surface area (Å²) in [5, 5.41) is 0. The minimum atomic E-state index is -4.00. The Bertz CT molecular complexity index is 531. The molecule has 245 valence electrons.